The Morgan fingerprint density at radius 2 is 1.41 bits per heavy atom. The molecular formula is C47H59N3O6SSi. The van der Waals surface area contributed by atoms with E-state index >= 15 is 0 Å². The van der Waals surface area contributed by atoms with E-state index in [9.17, 15) is 18.3 Å². The first-order valence-electron chi connectivity index (χ1n) is 19.7. The number of hydrogen-bond acceptors (Lipinski definition) is 7. The highest BCUT2D eigenvalue weighted by molar-refractivity contribution is 7.92. The fourth-order valence-electron chi connectivity index (χ4n) is 6.40. The number of hydrogen-bond donors (Lipinski definition) is 4. The number of sulfonamides is 1. The topological polar surface area (TPSA) is 126 Å². The zero-order chi connectivity index (χ0) is 42.1. The molecule has 4 N–H and O–H groups in total. The summed E-state index contributed by atoms with van der Waals surface area (Å²) in [6.45, 7) is 16.5. The van der Waals surface area contributed by atoms with Gasteiger partial charge in [-0.05, 0) is 108 Å². The standard InChI is InChI=1S/C47H59N3O6SSi/c1-46(2,3)58(7,8)56-44(40-22-25-43(42(29-40)50-57(6,53)54)55-33-34-14-10-9-11-15-34)32-49-47(4,5)30-36-17-12-16-35(26-36)28-45(52)48-31-37-18-13-19-39(27-37)38-20-23-41(51)24-21-38/h9-27,29,44,49-51H,28,30-33H2,1-8H3,(H,48,52)/t44-/m1/s1. The van der Waals surface area contributed by atoms with Crippen LogP contribution in [0.4, 0.5) is 5.69 Å². The minimum atomic E-state index is -3.60. The third kappa shape index (κ3) is 13.3. The number of anilines is 1. The van der Waals surface area contributed by atoms with Crippen LogP contribution in [0.3, 0.4) is 0 Å². The molecule has 308 valence electrons. The van der Waals surface area contributed by atoms with Crippen molar-refractivity contribution in [2.24, 2.45) is 0 Å². The van der Waals surface area contributed by atoms with E-state index in [1.165, 1.54) is 0 Å². The number of phenols is 1. The van der Waals surface area contributed by atoms with Crippen LogP contribution >= 0.6 is 0 Å². The van der Waals surface area contributed by atoms with Crippen molar-refractivity contribution < 1.29 is 27.5 Å². The van der Waals surface area contributed by atoms with Gasteiger partial charge in [0.2, 0.25) is 15.9 Å². The van der Waals surface area contributed by atoms with Gasteiger partial charge in [-0.3, -0.25) is 9.52 Å². The maximum Gasteiger partial charge on any atom is 0.229 e. The van der Waals surface area contributed by atoms with Crippen molar-refractivity contribution in [2.75, 3.05) is 17.5 Å². The van der Waals surface area contributed by atoms with E-state index in [0.717, 1.165) is 45.2 Å². The molecule has 0 aromatic heterocycles. The van der Waals surface area contributed by atoms with Gasteiger partial charge in [-0.1, -0.05) is 112 Å². The van der Waals surface area contributed by atoms with Crippen LogP contribution in [0.5, 0.6) is 11.5 Å². The molecule has 5 aromatic carbocycles. The van der Waals surface area contributed by atoms with Gasteiger partial charge in [0, 0.05) is 18.6 Å². The molecule has 0 unspecified atom stereocenters. The van der Waals surface area contributed by atoms with E-state index in [2.05, 4.69) is 75.2 Å². The van der Waals surface area contributed by atoms with Crippen LogP contribution in [0.25, 0.3) is 11.1 Å². The largest absolute Gasteiger partial charge is 0.508 e. The zero-order valence-electron chi connectivity index (χ0n) is 35.1. The van der Waals surface area contributed by atoms with Crippen LogP contribution in [-0.2, 0) is 45.2 Å². The Kier molecular flexibility index (Phi) is 14.3. The SMILES string of the molecule is CC(C)(Cc1cccc(CC(=O)NCc2cccc(-c3ccc(O)cc3)c2)c1)NC[C@@H](O[Si](C)(C)C(C)(C)C)c1ccc(OCc2ccccc2)c(NS(C)(=O)=O)c1. The van der Waals surface area contributed by atoms with Crippen LogP contribution < -0.4 is 20.1 Å². The van der Waals surface area contributed by atoms with E-state index in [-0.39, 0.29) is 34.8 Å². The third-order valence-electron chi connectivity index (χ3n) is 10.5. The molecule has 9 nitrogen and oxygen atoms in total. The van der Waals surface area contributed by atoms with Gasteiger partial charge in [-0.25, -0.2) is 8.42 Å². The third-order valence-corrected chi connectivity index (χ3v) is 15.6. The van der Waals surface area contributed by atoms with Crippen molar-refractivity contribution in [3.05, 3.63) is 149 Å². The molecule has 5 aromatic rings. The second-order valence-corrected chi connectivity index (χ2v) is 23.7. The molecule has 0 aliphatic heterocycles. The van der Waals surface area contributed by atoms with Crippen LogP contribution in [-0.4, -0.2) is 46.1 Å². The Morgan fingerprint density at radius 1 is 0.759 bits per heavy atom. The second-order valence-electron chi connectivity index (χ2n) is 17.2. The quantitative estimate of drug-likeness (QED) is 0.0649. The number of phenolic OH excluding ortho intramolecular Hbond substituents is 1. The summed E-state index contributed by atoms with van der Waals surface area (Å²) in [5.41, 5.74) is 6.86. The van der Waals surface area contributed by atoms with Crippen molar-refractivity contribution in [1.82, 2.24) is 10.6 Å². The molecule has 58 heavy (non-hydrogen) atoms. The summed E-state index contributed by atoms with van der Waals surface area (Å²) in [5, 5.41) is 16.4. The minimum absolute atomic E-state index is 0.0576. The van der Waals surface area contributed by atoms with Crippen LogP contribution in [0.1, 0.15) is 68.5 Å². The highest BCUT2D eigenvalue weighted by Gasteiger charge is 2.40. The second kappa shape index (κ2) is 18.8. The predicted molar refractivity (Wildman–Crippen MR) is 238 cm³/mol. The number of ether oxygens (including phenoxy) is 1. The van der Waals surface area contributed by atoms with Crippen molar-refractivity contribution in [3.8, 4) is 22.6 Å². The summed E-state index contributed by atoms with van der Waals surface area (Å²) >= 11 is 0. The van der Waals surface area contributed by atoms with Gasteiger partial charge in [0.05, 0.1) is 24.5 Å². The van der Waals surface area contributed by atoms with E-state index in [1.807, 2.05) is 97.1 Å². The first-order valence-corrected chi connectivity index (χ1v) is 24.5. The summed E-state index contributed by atoms with van der Waals surface area (Å²) in [5.74, 6) is 0.600. The van der Waals surface area contributed by atoms with Crippen molar-refractivity contribution >= 4 is 29.9 Å². The molecule has 0 aliphatic rings. The van der Waals surface area contributed by atoms with E-state index in [0.29, 0.717) is 37.6 Å². The Morgan fingerprint density at radius 3 is 2.10 bits per heavy atom. The Bertz CT molecular complexity index is 2250. The molecule has 0 bridgehead atoms. The number of benzene rings is 5. The predicted octanol–water partition coefficient (Wildman–Crippen LogP) is 9.54. The van der Waals surface area contributed by atoms with Crippen LogP contribution in [0.15, 0.2) is 121 Å². The maximum absolute atomic E-state index is 13.1. The molecule has 1 atom stereocenters. The van der Waals surface area contributed by atoms with Gasteiger partial charge in [-0.15, -0.1) is 0 Å². The van der Waals surface area contributed by atoms with Crippen molar-refractivity contribution in [1.29, 1.82) is 0 Å². The summed E-state index contributed by atoms with van der Waals surface area (Å²) < 4.78 is 40.9. The minimum Gasteiger partial charge on any atom is -0.508 e. The molecule has 0 radical (unpaired) electrons. The molecule has 1 amide bonds. The first kappa shape index (κ1) is 44.2. The normalized spacial score (nSPS) is 12.8. The first-order chi connectivity index (χ1) is 27.2. The van der Waals surface area contributed by atoms with Crippen LogP contribution in [0.2, 0.25) is 18.1 Å². The zero-order valence-corrected chi connectivity index (χ0v) is 36.9. The number of rotatable bonds is 18. The number of aromatic hydroxyl groups is 1. The highest BCUT2D eigenvalue weighted by Crippen LogP contribution is 2.41. The Hall–Kier alpha value is -4.94. The summed E-state index contributed by atoms with van der Waals surface area (Å²) in [6, 6.07) is 38.6. The molecule has 0 spiro atoms. The van der Waals surface area contributed by atoms with E-state index in [1.54, 1.807) is 12.1 Å². The lowest BCUT2D eigenvalue weighted by molar-refractivity contribution is -0.120. The van der Waals surface area contributed by atoms with Gasteiger partial charge in [-0.2, -0.15) is 0 Å². The van der Waals surface area contributed by atoms with Gasteiger partial charge < -0.3 is 24.9 Å². The molecular weight excluding hydrogens is 763 g/mol. The number of amides is 1. The molecule has 11 heteroatoms. The molecule has 0 saturated heterocycles. The van der Waals surface area contributed by atoms with Crippen LogP contribution in [0, 0.1) is 0 Å². The Labute approximate surface area is 346 Å². The summed E-state index contributed by atoms with van der Waals surface area (Å²) in [4.78, 5) is 13.1. The molecule has 5 rings (SSSR count). The number of nitrogens with one attached hydrogen (secondary N) is 3. The lowest BCUT2D eigenvalue weighted by Crippen LogP contribution is -2.47. The summed E-state index contributed by atoms with van der Waals surface area (Å²) in [7, 11) is -5.89. The smallest absolute Gasteiger partial charge is 0.229 e. The van der Waals surface area contributed by atoms with Crippen molar-refractivity contribution in [3.63, 3.8) is 0 Å². The summed E-state index contributed by atoms with van der Waals surface area (Å²) in [6.07, 6.45) is 1.72. The van der Waals surface area contributed by atoms with Gasteiger partial charge >= 0.3 is 0 Å². The fraction of sp³-hybridized carbons (Fsp3) is 0.340. The monoisotopic (exact) mass is 821 g/mol. The maximum atomic E-state index is 13.1. The highest BCUT2D eigenvalue weighted by atomic mass is 32.2. The molecule has 0 fully saturated rings. The number of carbonyl (C=O) groups is 1. The van der Waals surface area contributed by atoms with E-state index < -0.39 is 18.3 Å². The van der Waals surface area contributed by atoms with Gasteiger partial charge in [0.15, 0.2) is 8.32 Å². The average Bonchev–Trinajstić information content (AvgIpc) is 3.15. The van der Waals surface area contributed by atoms with E-state index in [4.69, 9.17) is 9.16 Å². The lowest BCUT2D eigenvalue weighted by atomic mass is 9.93. The average molecular weight is 822 g/mol. The molecule has 0 saturated carbocycles. The van der Waals surface area contributed by atoms with Gasteiger partial charge in [0.25, 0.3) is 0 Å². The molecule has 0 heterocycles. The lowest BCUT2D eigenvalue weighted by Gasteiger charge is -2.40. The fourth-order valence-corrected chi connectivity index (χ4v) is 8.25. The van der Waals surface area contributed by atoms with Gasteiger partial charge in [0.1, 0.15) is 18.1 Å². The molecule has 0 aliphatic carbocycles. The number of carbonyl (C=O) groups excluding carboxylic acids is 1. The van der Waals surface area contributed by atoms with Crippen molar-refractivity contribution in [2.45, 2.75) is 90.4 Å². The Balaban J connectivity index is 1.26.